The van der Waals surface area contributed by atoms with E-state index in [9.17, 15) is 0 Å². The van der Waals surface area contributed by atoms with Crippen LogP contribution < -0.4 is 5.73 Å². The summed E-state index contributed by atoms with van der Waals surface area (Å²) in [5, 5.41) is 5.23. The van der Waals surface area contributed by atoms with E-state index in [0.717, 1.165) is 29.7 Å². The highest BCUT2D eigenvalue weighted by Crippen LogP contribution is 2.43. The number of hydrogen-bond donors (Lipinski definition) is 1. The Morgan fingerprint density at radius 2 is 2.05 bits per heavy atom. The first kappa shape index (κ1) is 16.8. The first-order valence-electron chi connectivity index (χ1n) is 8.39. The summed E-state index contributed by atoms with van der Waals surface area (Å²) in [5.74, 6) is 0.912. The van der Waals surface area contributed by atoms with Gasteiger partial charge in [-0.05, 0) is 56.9 Å². The van der Waals surface area contributed by atoms with Gasteiger partial charge in [0.1, 0.15) is 5.15 Å². The maximum absolute atomic E-state index is 6.41. The van der Waals surface area contributed by atoms with Crippen molar-refractivity contribution in [2.24, 2.45) is 24.1 Å². The fourth-order valence-electron chi connectivity index (χ4n) is 3.77. The number of nitrogens with two attached hydrogens (primary N) is 1. The quantitative estimate of drug-likeness (QED) is 0.853. The van der Waals surface area contributed by atoms with Crippen LogP contribution in [0.3, 0.4) is 0 Å². The Morgan fingerprint density at radius 3 is 2.52 bits per heavy atom. The van der Waals surface area contributed by atoms with Gasteiger partial charge >= 0.3 is 0 Å². The van der Waals surface area contributed by atoms with Crippen LogP contribution in [0.25, 0.3) is 0 Å². The van der Waals surface area contributed by atoms with Crippen molar-refractivity contribution in [3.05, 3.63) is 16.4 Å². The van der Waals surface area contributed by atoms with Gasteiger partial charge in [0.2, 0.25) is 0 Å². The summed E-state index contributed by atoms with van der Waals surface area (Å²) < 4.78 is 1.78. The van der Waals surface area contributed by atoms with Gasteiger partial charge in [-0.25, -0.2) is 0 Å². The summed E-state index contributed by atoms with van der Waals surface area (Å²) in [6.07, 6.45) is 10.2. The largest absolute Gasteiger partial charge is 0.330 e. The molecule has 4 heteroatoms. The molecule has 2 N–H and O–H groups in total. The number of aromatic nitrogens is 2. The highest BCUT2D eigenvalue weighted by molar-refractivity contribution is 6.30. The van der Waals surface area contributed by atoms with Crippen LogP contribution in [-0.2, 0) is 13.5 Å². The molecule has 1 aliphatic carbocycles. The van der Waals surface area contributed by atoms with Gasteiger partial charge < -0.3 is 5.73 Å². The Morgan fingerprint density at radius 1 is 1.38 bits per heavy atom. The molecule has 0 amide bonds. The summed E-state index contributed by atoms with van der Waals surface area (Å²) in [5.41, 5.74) is 8.67. The molecule has 21 heavy (non-hydrogen) atoms. The predicted octanol–water partition coefficient (Wildman–Crippen LogP) is 4.25. The van der Waals surface area contributed by atoms with Gasteiger partial charge in [0.05, 0.1) is 5.69 Å². The molecule has 1 fully saturated rings. The second kappa shape index (κ2) is 7.15. The van der Waals surface area contributed by atoms with Crippen LogP contribution >= 0.6 is 11.6 Å². The van der Waals surface area contributed by atoms with E-state index in [1.165, 1.54) is 50.5 Å². The van der Waals surface area contributed by atoms with E-state index in [-0.39, 0.29) is 5.41 Å². The molecule has 0 saturated heterocycles. The molecule has 0 unspecified atom stereocenters. The zero-order chi connectivity index (χ0) is 15.5. The molecule has 120 valence electrons. The molecule has 1 aliphatic rings. The Kier molecular flexibility index (Phi) is 5.73. The van der Waals surface area contributed by atoms with Crippen molar-refractivity contribution in [2.45, 2.75) is 65.2 Å². The van der Waals surface area contributed by atoms with Crippen LogP contribution in [0.5, 0.6) is 0 Å². The minimum Gasteiger partial charge on any atom is -0.330 e. The number of hydrogen-bond acceptors (Lipinski definition) is 2. The van der Waals surface area contributed by atoms with Gasteiger partial charge in [-0.3, -0.25) is 4.68 Å². The van der Waals surface area contributed by atoms with E-state index in [2.05, 4.69) is 18.9 Å². The van der Waals surface area contributed by atoms with Crippen molar-refractivity contribution in [3.8, 4) is 0 Å². The fraction of sp³-hybridized carbons (Fsp3) is 0.824. The first-order valence-corrected chi connectivity index (χ1v) is 8.77. The number of halogens is 1. The standard InChI is InChI=1S/C17H30ClN3/c1-4-5-6-14-7-9-17(12-19,10-8-14)11-15-13(2)20-21(3)16(15)18/h14H,4-12,19H2,1-3H3. The van der Waals surface area contributed by atoms with Crippen LogP contribution in [0.1, 0.15) is 63.1 Å². The van der Waals surface area contributed by atoms with Crippen LogP contribution in [0, 0.1) is 18.3 Å². The lowest BCUT2D eigenvalue weighted by Gasteiger charge is -2.39. The molecule has 0 spiro atoms. The van der Waals surface area contributed by atoms with Crippen molar-refractivity contribution >= 4 is 11.6 Å². The highest BCUT2D eigenvalue weighted by Gasteiger charge is 2.35. The number of aryl methyl sites for hydroxylation is 2. The third-order valence-electron chi connectivity index (χ3n) is 5.39. The molecule has 0 atom stereocenters. The summed E-state index contributed by atoms with van der Waals surface area (Å²) in [6, 6.07) is 0. The van der Waals surface area contributed by atoms with Crippen LogP contribution in [-0.4, -0.2) is 16.3 Å². The number of rotatable bonds is 6. The highest BCUT2D eigenvalue weighted by atomic mass is 35.5. The van der Waals surface area contributed by atoms with E-state index >= 15 is 0 Å². The second-order valence-electron chi connectivity index (χ2n) is 6.94. The maximum Gasteiger partial charge on any atom is 0.130 e. The topological polar surface area (TPSA) is 43.8 Å². The predicted molar refractivity (Wildman–Crippen MR) is 89.6 cm³/mol. The first-order chi connectivity index (χ1) is 10.0. The molecule has 0 aromatic carbocycles. The van der Waals surface area contributed by atoms with E-state index in [4.69, 9.17) is 17.3 Å². The summed E-state index contributed by atoms with van der Waals surface area (Å²) in [4.78, 5) is 0. The average molecular weight is 312 g/mol. The molecular formula is C17H30ClN3. The Hall–Kier alpha value is -0.540. The monoisotopic (exact) mass is 311 g/mol. The van der Waals surface area contributed by atoms with Crippen LogP contribution in [0.2, 0.25) is 5.15 Å². The van der Waals surface area contributed by atoms with Gasteiger partial charge in [0.25, 0.3) is 0 Å². The minimum atomic E-state index is 0.236. The summed E-state index contributed by atoms with van der Waals surface area (Å²) >= 11 is 6.41. The van der Waals surface area contributed by atoms with Crippen molar-refractivity contribution in [1.82, 2.24) is 9.78 Å². The Bertz CT molecular complexity index is 459. The van der Waals surface area contributed by atoms with Gasteiger partial charge in [0, 0.05) is 12.6 Å². The van der Waals surface area contributed by atoms with E-state index in [0.29, 0.717) is 0 Å². The van der Waals surface area contributed by atoms with Crippen LogP contribution in [0.4, 0.5) is 0 Å². The zero-order valence-electron chi connectivity index (χ0n) is 13.8. The van der Waals surface area contributed by atoms with Gasteiger partial charge in [-0.15, -0.1) is 0 Å². The minimum absolute atomic E-state index is 0.236. The van der Waals surface area contributed by atoms with Gasteiger partial charge in [-0.1, -0.05) is 37.8 Å². The third kappa shape index (κ3) is 3.81. The summed E-state index contributed by atoms with van der Waals surface area (Å²) in [7, 11) is 1.91. The van der Waals surface area contributed by atoms with Crippen LogP contribution in [0.15, 0.2) is 0 Å². The lowest BCUT2D eigenvalue weighted by molar-refractivity contribution is 0.150. The van der Waals surface area contributed by atoms with Gasteiger partial charge in [-0.2, -0.15) is 5.10 Å². The van der Waals surface area contributed by atoms with E-state index in [1.54, 1.807) is 4.68 Å². The lowest BCUT2D eigenvalue weighted by Crippen LogP contribution is -2.37. The molecule has 1 aromatic heterocycles. The molecular weight excluding hydrogens is 282 g/mol. The Balaban J connectivity index is 2.03. The second-order valence-corrected chi connectivity index (χ2v) is 7.30. The molecule has 0 bridgehead atoms. The maximum atomic E-state index is 6.41. The zero-order valence-corrected chi connectivity index (χ0v) is 14.5. The molecule has 0 radical (unpaired) electrons. The molecule has 2 rings (SSSR count). The molecule has 1 aromatic rings. The lowest BCUT2D eigenvalue weighted by atomic mass is 9.67. The third-order valence-corrected chi connectivity index (χ3v) is 5.86. The molecule has 0 aliphatic heterocycles. The van der Waals surface area contributed by atoms with Crippen molar-refractivity contribution in [1.29, 1.82) is 0 Å². The van der Waals surface area contributed by atoms with Crippen molar-refractivity contribution in [2.75, 3.05) is 6.54 Å². The molecule has 3 nitrogen and oxygen atoms in total. The SMILES string of the molecule is CCCCC1CCC(CN)(Cc2c(C)nn(C)c2Cl)CC1. The van der Waals surface area contributed by atoms with Crippen molar-refractivity contribution in [3.63, 3.8) is 0 Å². The average Bonchev–Trinajstić information content (AvgIpc) is 2.73. The van der Waals surface area contributed by atoms with E-state index < -0.39 is 0 Å². The number of nitrogens with zero attached hydrogens (tertiary/aromatic N) is 2. The molecule has 1 heterocycles. The molecule has 1 saturated carbocycles. The number of unbranched alkanes of at least 4 members (excludes halogenated alkanes) is 1. The smallest absolute Gasteiger partial charge is 0.130 e. The normalized spacial score (nSPS) is 26.2. The van der Waals surface area contributed by atoms with Crippen molar-refractivity contribution < 1.29 is 0 Å². The van der Waals surface area contributed by atoms with Gasteiger partial charge in [0.15, 0.2) is 0 Å². The summed E-state index contributed by atoms with van der Waals surface area (Å²) in [6.45, 7) is 5.09. The Labute approximate surface area is 134 Å². The van der Waals surface area contributed by atoms with E-state index in [1.807, 2.05) is 7.05 Å². The fourth-order valence-corrected chi connectivity index (χ4v) is 4.02.